The van der Waals surface area contributed by atoms with Gasteiger partial charge in [-0.3, -0.25) is 9.52 Å². The van der Waals surface area contributed by atoms with E-state index < -0.39 is 10.0 Å². The molecule has 1 N–H and O–H groups in total. The summed E-state index contributed by atoms with van der Waals surface area (Å²) >= 11 is 0. The Labute approximate surface area is 226 Å². The number of nitrogens with one attached hydrogen (secondary N) is 1. The Bertz CT molecular complexity index is 1340. The number of hydrogen-bond donors (Lipinski definition) is 1. The van der Waals surface area contributed by atoms with Gasteiger partial charge in [-0.15, -0.1) is 0 Å². The van der Waals surface area contributed by atoms with Gasteiger partial charge >= 0.3 is 0 Å². The molecule has 1 aliphatic rings. The standard InChI is InChI=1S/C30H37N3O4S/c1-5-28(23-9-7-6-8-10-23)30(34)33(20-22-11-12-22)21-24-19-25(13-18-29(24)32(2)3)31-38(35,36)27-16-14-26(37-4)15-17-27/h6-10,13-19,22,28,31H,5,11-12,20-21H2,1-4H3. The van der Waals surface area contributed by atoms with Crippen molar-refractivity contribution in [1.29, 1.82) is 0 Å². The zero-order valence-electron chi connectivity index (χ0n) is 22.6. The fraction of sp³-hybridized carbons (Fsp3) is 0.367. The SMILES string of the molecule is CCC(C(=O)N(Cc1cc(NS(=O)(=O)c2ccc(OC)cc2)ccc1N(C)C)CC1CC1)c1ccccc1. The molecular formula is C30H37N3O4S. The van der Waals surface area contributed by atoms with Crippen LogP contribution in [0.3, 0.4) is 0 Å². The van der Waals surface area contributed by atoms with E-state index >= 15 is 0 Å². The number of ether oxygens (including phenoxy) is 1. The molecule has 4 rings (SSSR count). The third kappa shape index (κ3) is 6.67. The van der Waals surface area contributed by atoms with Crippen molar-refractivity contribution in [3.05, 3.63) is 83.9 Å². The quantitative estimate of drug-likeness (QED) is 0.332. The lowest BCUT2D eigenvalue weighted by molar-refractivity contribution is -0.133. The molecule has 0 bridgehead atoms. The third-order valence-corrected chi connectivity index (χ3v) is 8.34. The summed E-state index contributed by atoms with van der Waals surface area (Å²) in [5, 5.41) is 0. The van der Waals surface area contributed by atoms with Crippen LogP contribution in [0.2, 0.25) is 0 Å². The number of benzene rings is 3. The zero-order valence-corrected chi connectivity index (χ0v) is 23.4. The van der Waals surface area contributed by atoms with E-state index in [0.29, 0.717) is 36.9 Å². The molecule has 1 aliphatic carbocycles. The molecule has 0 radical (unpaired) electrons. The van der Waals surface area contributed by atoms with Crippen LogP contribution < -0.4 is 14.4 Å². The summed E-state index contributed by atoms with van der Waals surface area (Å²) in [6.07, 6.45) is 2.98. The molecule has 38 heavy (non-hydrogen) atoms. The fourth-order valence-corrected chi connectivity index (χ4v) is 5.74. The number of sulfonamides is 1. The van der Waals surface area contributed by atoms with Crippen LogP contribution in [0.5, 0.6) is 5.75 Å². The second-order valence-corrected chi connectivity index (χ2v) is 11.7. The Morgan fingerprint density at radius 3 is 2.29 bits per heavy atom. The fourth-order valence-electron chi connectivity index (χ4n) is 4.69. The predicted molar refractivity (Wildman–Crippen MR) is 152 cm³/mol. The zero-order chi connectivity index (χ0) is 27.3. The first-order valence-electron chi connectivity index (χ1n) is 13.0. The molecule has 7 nitrogen and oxygen atoms in total. The van der Waals surface area contributed by atoms with Crippen molar-refractivity contribution in [3.63, 3.8) is 0 Å². The van der Waals surface area contributed by atoms with Gasteiger partial charge in [0.2, 0.25) is 5.91 Å². The summed E-state index contributed by atoms with van der Waals surface area (Å²) in [5.41, 5.74) is 3.31. The maximum atomic E-state index is 13.9. The molecule has 202 valence electrons. The number of anilines is 2. The van der Waals surface area contributed by atoms with Gasteiger partial charge in [-0.1, -0.05) is 37.3 Å². The normalized spacial score (nSPS) is 14.0. The number of carbonyl (C=O) groups excluding carboxylic acids is 1. The number of hydrogen-bond acceptors (Lipinski definition) is 5. The molecular weight excluding hydrogens is 498 g/mol. The van der Waals surface area contributed by atoms with Gasteiger partial charge < -0.3 is 14.5 Å². The van der Waals surface area contributed by atoms with Crippen LogP contribution in [0.1, 0.15) is 43.2 Å². The Kier molecular flexibility index (Phi) is 8.62. The molecule has 3 aromatic rings. The summed E-state index contributed by atoms with van der Waals surface area (Å²) in [4.78, 5) is 18.0. The van der Waals surface area contributed by atoms with Crippen LogP contribution >= 0.6 is 0 Å². The monoisotopic (exact) mass is 535 g/mol. The topological polar surface area (TPSA) is 79.0 Å². The molecule has 1 atom stereocenters. The average molecular weight is 536 g/mol. The van der Waals surface area contributed by atoms with E-state index in [-0.39, 0.29) is 16.7 Å². The Morgan fingerprint density at radius 2 is 1.71 bits per heavy atom. The van der Waals surface area contributed by atoms with Crippen LogP contribution in [-0.2, 0) is 21.4 Å². The molecule has 0 spiro atoms. The van der Waals surface area contributed by atoms with Gasteiger partial charge in [0.25, 0.3) is 10.0 Å². The van der Waals surface area contributed by atoms with Gasteiger partial charge in [-0.25, -0.2) is 8.42 Å². The molecule has 1 fully saturated rings. The molecule has 8 heteroatoms. The molecule has 0 aliphatic heterocycles. The summed E-state index contributed by atoms with van der Waals surface area (Å²) in [6, 6.07) is 21.7. The number of methoxy groups -OCH3 is 1. The lowest BCUT2D eigenvalue weighted by Gasteiger charge is -2.29. The van der Waals surface area contributed by atoms with Crippen LogP contribution in [0, 0.1) is 5.92 Å². The van der Waals surface area contributed by atoms with Gasteiger partial charge in [-0.2, -0.15) is 0 Å². The van der Waals surface area contributed by atoms with E-state index in [2.05, 4.69) is 4.72 Å². The number of amides is 1. The van der Waals surface area contributed by atoms with Crippen molar-refractivity contribution < 1.29 is 17.9 Å². The molecule has 3 aromatic carbocycles. The van der Waals surface area contributed by atoms with Crippen molar-refractivity contribution in [2.75, 3.05) is 37.4 Å². The van der Waals surface area contributed by atoms with Crippen molar-refractivity contribution >= 4 is 27.3 Å². The third-order valence-electron chi connectivity index (χ3n) is 6.94. The van der Waals surface area contributed by atoms with E-state index in [1.165, 1.54) is 19.2 Å². The van der Waals surface area contributed by atoms with E-state index in [9.17, 15) is 13.2 Å². The summed E-state index contributed by atoms with van der Waals surface area (Å²) in [5.74, 6) is 1.00. The second-order valence-electron chi connectivity index (χ2n) is 10.1. The van der Waals surface area contributed by atoms with E-state index in [4.69, 9.17) is 4.74 Å². The lowest BCUT2D eigenvalue weighted by atomic mass is 9.94. The van der Waals surface area contributed by atoms with Crippen molar-refractivity contribution in [1.82, 2.24) is 4.90 Å². The second kappa shape index (κ2) is 11.9. The van der Waals surface area contributed by atoms with Crippen molar-refractivity contribution in [3.8, 4) is 5.75 Å². The molecule has 0 heterocycles. The Morgan fingerprint density at radius 1 is 1.03 bits per heavy atom. The minimum absolute atomic E-state index is 0.111. The Balaban J connectivity index is 1.62. The minimum Gasteiger partial charge on any atom is -0.497 e. The predicted octanol–water partition coefficient (Wildman–Crippen LogP) is 5.49. The first-order chi connectivity index (χ1) is 18.2. The largest absolute Gasteiger partial charge is 0.497 e. The number of nitrogens with zero attached hydrogens (tertiary/aromatic N) is 2. The highest BCUT2D eigenvalue weighted by atomic mass is 32.2. The highest BCUT2D eigenvalue weighted by Crippen LogP contribution is 2.34. The van der Waals surface area contributed by atoms with Gasteiger partial charge in [0.1, 0.15) is 5.75 Å². The molecule has 0 saturated heterocycles. The lowest BCUT2D eigenvalue weighted by Crippen LogP contribution is -2.36. The van der Waals surface area contributed by atoms with Gasteiger partial charge in [0, 0.05) is 38.6 Å². The number of rotatable bonds is 12. The first kappa shape index (κ1) is 27.5. The molecule has 1 saturated carbocycles. The van der Waals surface area contributed by atoms with Gasteiger partial charge in [-0.05, 0) is 78.8 Å². The van der Waals surface area contributed by atoms with Crippen molar-refractivity contribution in [2.45, 2.75) is 43.5 Å². The molecule has 1 unspecified atom stereocenters. The van der Waals surface area contributed by atoms with E-state index in [0.717, 1.165) is 29.7 Å². The minimum atomic E-state index is -3.80. The maximum absolute atomic E-state index is 13.9. The van der Waals surface area contributed by atoms with E-state index in [1.807, 2.05) is 73.3 Å². The number of carbonyl (C=O) groups is 1. The van der Waals surface area contributed by atoms with Crippen LogP contribution in [-0.4, -0.2) is 47.0 Å². The van der Waals surface area contributed by atoms with Crippen LogP contribution in [0.4, 0.5) is 11.4 Å². The van der Waals surface area contributed by atoms with Crippen LogP contribution in [0.15, 0.2) is 77.7 Å². The summed E-state index contributed by atoms with van der Waals surface area (Å²) in [7, 11) is 1.64. The Hall–Kier alpha value is -3.52. The van der Waals surface area contributed by atoms with Gasteiger partial charge in [0.05, 0.1) is 17.9 Å². The molecule has 1 amide bonds. The highest BCUT2D eigenvalue weighted by Gasteiger charge is 2.31. The first-order valence-corrected chi connectivity index (χ1v) is 14.5. The summed E-state index contributed by atoms with van der Waals surface area (Å²) < 4.78 is 34.0. The van der Waals surface area contributed by atoms with Gasteiger partial charge in [0.15, 0.2) is 0 Å². The van der Waals surface area contributed by atoms with Crippen LogP contribution in [0.25, 0.3) is 0 Å². The maximum Gasteiger partial charge on any atom is 0.261 e. The smallest absolute Gasteiger partial charge is 0.261 e. The average Bonchev–Trinajstić information content (AvgIpc) is 3.73. The molecule has 0 aromatic heterocycles. The highest BCUT2D eigenvalue weighted by molar-refractivity contribution is 7.92. The van der Waals surface area contributed by atoms with E-state index in [1.54, 1.807) is 18.2 Å². The summed E-state index contributed by atoms with van der Waals surface area (Å²) in [6.45, 7) is 3.16. The van der Waals surface area contributed by atoms with Crippen molar-refractivity contribution in [2.24, 2.45) is 5.92 Å².